The number of carbonyl (C=O) groups excluding carboxylic acids is 1. The quantitative estimate of drug-likeness (QED) is 0.525. The number of esters is 1. The van der Waals surface area contributed by atoms with Gasteiger partial charge in [0.25, 0.3) is 0 Å². The molecule has 0 heterocycles. The molecule has 0 aliphatic carbocycles. The minimum absolute atomic E-state index is 0.353. The number of nitrogen functional groups attached to an aromatic ring is 1. The molecular formula is C17H17NO2. The SMILES string of the molecule is CCOC(=O)/C=C(/c1ccccc1)c1cccc(N)c1. The van der Waals surface area contributed by atoms with Gasteiger partial charge in [-0.3, -0.25) is 0 Å². The van der Waals surface area contributed by atoms with Crippen molar-refractivity contribution in [2.45, 2.75) is 6.92 Å². The number of ether oxygens (including phenoxy) is 1. The van der Waals surface area contributed by atoms with Crippen molar-refractivity contribution >= 4 is 17.2 Å². The lowest BCUT2D eigenvalue weighted by Gasteiger charge is -2.09. The predicted octanol–water partition coefficient (Wildman–Crippen LogP) is 3.26. The zero-order valence-corrected chi connectivity index (χ0v) is 11.4. The van der Waals surface area contributed by atoms with Crippen LogP contribution in [0.4, 0.5) is 5.69 Å². The Balaban J connectivity index is 2.47. The van der Waals surface area contributed by atoms with Gasteiger partial charge in [0.05, 0.1) is 6.61 Å². The van der Waals surface area contributed by atoms with Gasteiger partial charge in [-0.1, -0.05) is 42.5 Å². The monoisotopic (exact) mass is 267 g/mol. The number of hydrogen-bond acceptors (Lipinski definition) is 3. The van der Waals surface area contributed by atoms with E-state index >= 15 is 0 Å². The molecule has 0 radical (unpaired) electrons. The molecule has 3 nitrogen and oxygen atoms in total. The van der Waals surface area contributed by atoms with Gasteiger partial charge in [0, 0.05) is 11.8 Å². The van der Waals surface area contributed by atoms with Crippen molar-refractivity contribution in [2.24, 2.45) is 0 Å². The van der Waals surface area contributed by atoms with E-state index in [2.05, 4.69) is 0 Å². The molecule has 0 saturated heterocycles. The van der Waals surface area contributed by atoms with Gasteiger partial charge >= 0.3 is 5.97 Å². The van der Waals surface area contributed by atoms with E-state index in [0.717, 1.165) is 16.7 Å². The van der Waals surface area contributed by atoms with E-state index in [1.165, 1.54) is 6.08 Å². The maximum atomic E-state index is 11.8. The Morgan fingerprint density at radius 2 is 1.80 bits per heavy atom. The standard InChI is InChI=1S/C17H17NO2/c1-2-20-17(19)12-16(13-7-4-3-5-8-13)14-9-6-10-15(18)11-14/h3-12H,2,18H2,1H3/b16-12-. The van der Waals surface area contributed by atoms with Crippen LogP contribution in [-0.2, 0) is 9.53 Å². The first-order valence-corrected chi connectivity index (χ1v) is 6.50. The third-order valence-corrected chi connectivity index (χ3v) is 2.83. The summed E-state index contributed by atoms with van der Waals surface area (Å²) in [5, 5.41) is 0. The highest BCUT2D eigenvalue weighted by Gasteiger charge is 2.08. The van der Waals surface area contributed by atoms with Crippen LogP contribution in [0.25, 0.3) is 5.57 Å². The van der Waals surface area contributed by atoms with Crippen molar-refractivity contribution in [2.75, 3.05) is 12.3 Å². The highest BCUT2D eigenvalue weighted by atomic mass is 16.5. The third kappa shape index (κ3) is 3.48. The molecule has 0 atom stereocenters. The zero-order chi connectivity index (χ0) is 14.4. The summed E-state index contributed by atoms with van der Waals surface area (Å²) in [6.45, 7) is 2.14. The van der Waals surface area contributed by atoms with E-state index in [-0.39, 0.29) is 5.97 Å². The van der Waals surface area contributed by atoms with Crippen LogP contribution in [0.15, 0.2) is 60.7 Å². The second-order valence-corrected chi connectivity index (χ2v) is 4.30. The summed E-state index contributed by atoms with van der Waals surface area (Å²) >= 11 is 0. The topological polar surface area (TPSA) is 52.3 Å². The normalized spacial score (nSPS) is 11.2. The smallest absolute Gasteiger partial charge is 0.331 e. The fourth-order valence-electron chi connectivity index (χ4n) is 1.96. The van der Waals surface area contributed by atoms with Crippen LogP contribution in [0.3, 0.4) is 0 Å². The Morgan fingerprint density at radius 1 is 1.10 bits per heavy atom. The summed E-state index contributed by atoms with van der Waals surface area (Å²) in [6, 6.07) is 17.2. The third-order valence-electron chi connectivity index (χ3n) is 2.83. The molecule has 0 unspecified atom stereocenters. The first-order valence-electron chi connectivity index (χ1n) is 6.50. The van der Waals surface area contributed by atoms with Crippen LogP contribution >= 0.6 is 0 Å². The molecule has 0 aliphatic rings. The van der Waals surface area contributed by atoms with Crippen molar-refractivity contribution < 1.29 is 9.53 Å². The molecule has 20 heavy (non-hydrogen) atoms. The number of nitrogens with two attached hydrogens (primary N) is 1. The number of benzene rings is 2. The Morgan fingerprint density at radius 3 is 2.45 bits per heavy atom. The van der Waals surface area contributed by atoms with Crippen LogP contribution in [0.1, 0.15) is 18.1 Å². The average molecular weight is 267 g/mol. The second-order valence-electron chi connectivity index (χ2n) is 4.30. The summed E-state index contributed by atoms with van der Waals surface area (Å²) in [5.41, 5.74) is 9.13. The zero-order valence-electron chi connectivity index (χ0n) is 11.4. The second kappa shape index (κ2) is 6.57. The minimum atomic E-state index is -0.353. The largest absolute Gasteiger partial charge is 0.463 e. The van der Waals surface area contributed by atoms with Crippen LogP contribution < -0.4 is 5.73 Å². The maximum absolute atomic E-state index is 11.8. The van der Waals surface area contributed by atoms with E-state index in [9.17, 15) is 4.79 Å². The first-order chi connectivity index (χ1) is 9.70. The molecule has 0 amide bonds. The minimum Gasteiger partial charge on any atom is -0.463 e. The van der Waals surface area contributed by atoms with Gasteiger partial charge in [0.15, 0.2) is 0 Å². The molecule has 3 heteroatoms. The van der Waals surface area contributed by atoms with Gasteiger partial charge in [-0.25, -0.2) is 4.79 Å². The summed E-state index contributed by atoms with van der Waals surface area (Å²) in [6.07, 6.45) is 1.51. The fraction of sp³-hybridized carbons (Fsp3) is 0.118. The molecule has 2 aromatic rings. The number of rotatable bonds is 4. The highest BCUT2D eigenvalue weighted by molar-refractivity contribution is 5.96. The van der Waals surface area contributed by atoms with Crippen LogP contribution in [0.5, 0.6) is 0 Å². The van der Waals surface area contributed by atoms with Crippen LogP contribution in [0, 0.1) is 0 Å². The molecule has 102 valence electrons. The number of carbonyl (C=O) groups is 1. The first kappa shape index (κ1) is 13.9. The molecule has 2 rings (SSSR count). The predicted molar refractivity (Wildman–Crippen MR) is 81.0 cm³/mol. The molecule has 0 aliphatic heterocycles. The van der Waals surface area contributed by atoms with Crippen molar-refractivity contribution in [3.05, 3.63) is 71.8 Å². The highest BCUT2D eigenvalue weighted by Crippen LogP contribution is 2.24. The lowest BCUT2D eigenvalue weighted by atomic mass is 9.97. The molecule has 0 fully saturated rings. The molecule has 0 aromatic heterocycles. The molecule has 2 aromatic carbocycles. The van der Waals surface area contributed by atoms with Gasteiger partial charge in [-0.15, -0.1) is 0 Å². The molecule has 0 bridgehead atoms. The summed E-state index contributed by atoms with van der Waals surface area (Å²) in [7, 11) is 0. The summed E-state index contributed by atoms with van der Waals surface area (Å²) in [5.74, 6) is -0.353. The van der Waals surface area contributed by atoms with E-state index in [1.807, 2.05) is 54.6 Å². The lowest BCUT2D eigenvalue weighted by molar-refractivity contribution is -0.137. The van der Waals surface area contributed by atoms with Gasteiger partial charge < -0.3 is 10.5 Å². The molecular weight excluding hydrogens is 250 g/mol. The summed E-state index contributed by atoms with van der Waals surface area (Å²) in [4.78, 5) is 11.8. The molecule has 0 spiro atoms. The average Bonchev–Trinajstić information content (AvgIpc) is 2.46. The summed E-state index contributed by atoms with van der Waals surface area (Å²) < 4.78 is 5.00. The number of anilines is 1. The lowest BCUT2D eigenvalue weighted by Crippen LogP contribution is -2.02. The Hall–Kier alpha value is -2.55. The van der Waals surface area contributed by atoms with Crippen molar-refractivity contribution in [3.63, 3.8) is 0 Å². The van der Waals surface area contributed by atoms with Gasteiger partial charge in [-0.05, 0) is 35.8 Å². The molecule has 2 N–H and O–H groups in total. The van der Waals surface area contributed by atoms with E-state index < -0.39 is 0 Å². The molecule has 0 saturated carbocycles. The Labute approximate surface area is 118 Å². The van der Waals surface area contributed by atoms with Crippen LogP contribution in [0.2, 0.25) is 0 Å². The van der Waals surface area contributed by atoms with Gasteiger partial charge in [0.1, 0.15) is 0 Å². The van der Waals surface area contributed by atoms with Crippen LogP contribution in [-0.4, -0.2) is 12.6 Å². The number of hydrogen-bond donors (Lipinski definition) is 1. The van der Waals surface area contributed by atoms with Crippen molar-refractivity contribution in [3.8, 4) is 0 Å². The van der Waals surface area contributed by atoms with Crippen molar-refractivity contribution in [1.29, 1.82) is 0 Å². The van der Waals surface area contributed by atoms with E-state index in [1.54, 1.807) is 6.92 Å². The fourth-order valence-corrected chi connectivity index (χ4v) is 1.96. The van der Waals surface area contributed by atoms with Gasteiger partial charge in [-0.2, -0.15) is 0 Å². The van der Waals surface area contributed by atoms with Gasteiger partial charge in [0.2, 0.25) is 0 Å². The van der Waals surface area contributed by atoms with E-state index in [4.69, 9.17) is 10.5 Å². The van der Waals surface area contributed by atoms with E-state index in [0.29, 0.717) is 12.3 Å². The maximum Gasteiger partial charge on any atom is 0.331 e. The van der Waals surface area contributed by atoms with Crippen molar-refractivity contribution in [1.82, 2.24) is 0 Å². The Bertz CT molecular complexity index is 618. The Kier molecular flexibility index (Phi) is 4.56.